The molecule has 0 bridgehead atoms. The molecule has 0 aliphatic carbocycles. The molecule has 2 aliphatic rings. The first-order chi connectivity index (χ1) is 8.28. The molecule has 0 spiro atoms. The molecule has 1 atom stereocenters. The van der Waals surface area contributed by atoms with E-state index in [1.54, 1.807) is 0 Å². The smallest absolute Gasteiger partial charge is 0.0471 e. The first kappa shape index (κ1) is 13.3. The van der Waals surface area contributed by atoms with Crippen LogP contribution >= 0.6 is 0 Å². The van der Waals surface area contributed by atoms with Gasteiger partial charge in [0, 0.05) is 39.3 Å². The molecule has 100 valence electrons. The Kier molecular flexibility index (Phi) is 5.22. The molecule has 2 rings (SSSR count). The molecule has 2 saturated heterocycles. The zero-order chi connectivity index (χ0) is 12.1. The zero-order valence-corrected chi connectivity index (χ0v) is 11.1. The molecule has 1 N–H and O–H groups in total. The van der Waals surface area contributed by atoms with Gasteiger partial charge in [-0.15, -0.1) is 0 Å². The lowest BCUT2D eigenvalue weighted by atomic mass is 10.1. The van der Waals surface area contributed by atoms with Gasteiger partial charge in [0.2, 0.25) is 0 Å². The normalized spacial score (nSPS) is 28.9. The van der Waals surface area contributed by atoms with Crippen molar-refractivity contribution in [1.82, 2.24) is 14.7 Å². The average molecular weight is 241 g/mol. The average Bonchev–Trinajstić information content (AvgIpc) is 2.80. The maximum absolute atomic E-state index is 9.10. The lowest BCUT2D eigenvalue weighted by Gasteiger charge is -2.32. The van der Waals surface area contributed by atoms with Crippen molar-refractivity contribution in [3.8, 4) is 0 Å². The number of nitrogens with zero attached hydrogens (tertiary/aromatic N) is 3. The number of likely N-dealkylation sites (tertiary alicyclic amines) is 1. The third kappa shape index (κ3) is 4.21. The number of likely N-dealkylation sites (N-methyl/N-ethyl adjacent to an activating group) is 1. The molecule has 0 radical (unpaired) electrons. The number of aliphatic hydroxyl groups excluding tert-OH is 1. The van der Waals surface area contributed by atoms with Gasteiger partial charge in [-0.2, -0.15) is 0 Å². The van der Waals surface area contributed by atoms with Crippen molar-refractivity contribution in [3.05, 3.63) is 0 Å². The van der Waals surface area contributed by atoms with Crippen molar-refractivity contribution in [2.24, 2.45) is 5.92 Å². The second-order valence-corrected chi connectivity index (χ2v) is 5.64. The lowest BCUT2D eigenvalue weighted by Crippen LogP contribution is -2.45. The number of piperazine rings is 1. The van der Waals surface area contributed by atoms with Crippen LogP contribution in [0.2, 0.25) is 0 Å². The van der Waals surface area contributed by atoms with Crippen LogP contribution in [0.4, 0.5) is 0 Å². The molecular weight excluding hydrogens is 214 g/mol. The van der Waals surface area contributed by atoms with E-state index in [9.17, 15) is 0 Å². The highest BCUT2D eigenvalue weighted by Gasteiger charge is 2.21. The second kappa shape index (κ2) is 6.69. The summed E-state index contributed by atoms with van der Waals surface area (Å²) >= 11 is 0. The first-order valence-corrected chi connectivity index (χ1v) is 7.02. The summed E-state index contributed by atoms with van der Waals surface area (Å²) < 4.78 is 0. The second-order valence-electron chi connectivity index (χ2n) is 5.64. The standard InChI is InChI=1S/C13H27N3O/c1-14-7-9-15(10-8-14)4-2-5-16-6-3-13(11-16)12-17/h13,17H,2-12H2,1H3. The summed E-state index contributed by atoms with van der Waals surface area (Å²) in [4.78, 5) is 7.50. The molecule has 2 fully saturated rings. The van der Waals surface area contributed by atoms with Gasteiger partial charge in [-0.25, -0.2) is 0 Å². The largest absolute Gasteiger partial charge is 0.396 e. The molecule has 1 unspecified atom stereocenters. The Balaban J connectivity index is 1.54. The Morgan fingerprint density at radius 1 is 1.00 bits per heavy atom. The summed E-state index contributed by atoms with van der Waals surface area (Å²) in [6.07, 6.45) is 2.47. The van der Waals surface area contributed by atoms with Gasteiger partial charge in [-0.1, -0.05) is 0 Å². The van der Waals surface area contributed by atoms with E-state index in [1.165, 1.54) is 58.7 Å². The van der Waals surface area contributed by atoms with Crippen molar-refractivity contribution in [1.29, 1.82) is 0 Å². The van der Waals surface area contributed by atoms with Crippen LogP contribution in [0.5, 0.6) is 0 Å². The van der Waals surface area contributed by atoms with E-state index in [4.69, 9.17) is 5.11 Å². The quantitative estimate of drug-likeness (QED) is 0.730. The highest BCUT2D eigenvalue weighted by molar-refractivity contribution is 4.75. The number of hydrogen-bond donors (Lipinski definition) is 1. The van der Waals surface area contributed by atoms with Crippen LogP contribution < -0.4 is 0 Å². The van der Waals surface area contributed by atoms with Crippen LogP contribution in [0.3, 0.4) is 0 Å². The minimum Gasteiger partial charge on any atom is -0.396 e. The van der Waals surface area contributed by atoms with Gasteiger partial charge in [0.25, 0.3) is 0 Å². The molecule has 0 aromatic heterocycles. The van der Waals surface area contributed by atoms with E-state index >= 15 is 0 Å². The first-order valence-electron chi connectivity index (χ1n) is 7.02. The molecule has 0 amide bonds. The van der Waals surface area contributed by atoms with E-state index in [1.807, 2.05) is 0 Å². The molecule has 0 aromatic rings. The molecule has 0 aromatic carbocycles. The van der Waals surface area contributed by atoms with E-state index in [0.717, 1.165) is 6.54 Å². The zero-order valence-electron chi connectivity index (χ0n) is 11.1. The summed E-state index contributed by atoms with van der Waals surface area (Å²) in [5.41, 5.74) is 0. The van der Waals surface area contributed by atoms with E-state index in [2.05, 4.69) is 21.7 Å². The van der Waals surface area contributed by atoms with Gasteiger partial charge in [-0.3, -0.25) is 0 Å². The SMILES string of the molecule is CN1CCN(CCCN2CCC(CO)C2)CC1. The molecule has 0 saturated carbocycles. The Bertz CT molecular complexity index is 215. The summed E-state index contributed by atoms with van der Waals surface area (Å²) in [7, 11) is 2.20. The lowest BCUT2D eigenvalue weighted by molar-refractivity contribution is 0.147. The third-order valence-corrected chi connectivity index (χ3v) is 4.17. The third-order valence-electron chi connectivity index (χ3n) is 4.17. The Labute approximate surface area is 105 Å². The van der Waals surface area contributed by atoms with Crippen LogP contribution in [0, 0.1) is 5.92 Å². The fourth-order valence-electron chi connectivity index (χ4n) is 2.85. The minimum atomic E-state index is 0.370. The molecule has 2 heterocycles. The van der Waals surface area contributed by atoms with E-state index in [0.29, 0.717) is 12.5 Å². The molecule has 17 heavy (non-hydrogen) atoms. The van der Waals surface area contributed by atoms with E-state index in [-0.39, 0.29) is 0 Å². The van der Waals surface area contributed by atoms with Gasteiger partial charge >= 0.3 is 0 Å². The fourth-order valence-corrected chi connectivity index (χ4v) is 2.85. The van der Waals surface area contributed by atoms with Crippen LogP contribution in [-0.2, 0) is 0 Å². The summed E-state index contributed by atoms with van der Waals surface area (Å²) in [5.74, 6) is 0.540. The van der Waals surface area contributed by atoms with Crippen molar-refractivity contribution in [3.63, 3.8) is 0 Å². The summed E-state index contributed by atoms with van der Waals surface area (Å²) in [6, 6.07) is 0. The predicted octanol–water partition coefficient (Wildman–Crippen LogP) is -0.0619. The predicted molar refractivity (Wildman–Crippen MR) is 70.2 cm³/mol. The van der Waals surface area contributed by atoms with E-state index < -0.39 is 0 Å². The van der Waals surface area contributed by atoms with Crippen molar-refractivity contribution in [2.45, 2.75) is 12.8 Å². The number of aliphatic hydroxyl groups is 1. The molecule has 2 aliphatic heterocycles. The maximum Gasteiger partial charge on any atom is 0.0471 e. The topological polar surface area (TPSA) is 30.0 Å². The fraction of sp³-hybridized carbons (Fsp3) is 1.00. The highest BCUT2D eigenvalue weighted by Crippen LogP contribution is 2.15. The Hall–Kier alpha value is -0.160. The number of hydrogen-bond acceptors (Lipinski definition) is 4. The van der Waals surface area contributed by atoms with Crippen LogP contribution in [0.15, 0.2) is 0 Å². The highest BCUT2D eigenvalue weighted by atomic mass is 16.3. The molecule has 4 nitrogen and oxygen atoms in total. The summed E-state index contributed by atoms with van der Waals surface area (Å²) in [6.45, 7) is 10.0. The van der Waals surface area contributed by atoms with Gasteiger partial charge in [0.15, 0.2) is 0 Å². The Morgan fingerprint density at radius 2 is 1.71 bits per heavy atom. The van der Waals surface area contributed by atoms with Gasteiger partial charge in [0.1, 0.15) is 0 Å². The van der Waals surface area contributed by atoms with Gasteiger partial charge in [-0.05, 0) is 45.4 Å². The van der Waals surface area contributed by atoms with Crippen molar-refractivity contribution in [2.75, 3.05) is 66.0 Å². The Morgan fingerprint density at radius 3 is 2.35 bits per heavy atom. The van der Waals surface area contributed by atoms with Crippen LogP contribution in [0.25, 0.3) is 0 Å². The maximum atomic E-state index is 9.10. The minimum absolute atomic E-state index is 0.370. The van der Waals surface area contributed by atoms with Gasteiger partial charge < -0.3 is 19.8 Å². The van der Waals surface area contributed by atoms with Crippen LogP contribution in [-0.4, -0.2) is 85.8 Å². The molecular formula is C13H27N3O. The summed E-state index contributed by atoms with van der Waals surface area (Å²) in [5, 5.41) is 9.10. The van der Waals surface area contributed by atoms with Crippen molar-refractivity contribution < 1.29 is 5.11 Å². The van der Waals surface area contributed by atoms with Gasteiger partial charge in [0.05, 0.1) is 0 Å². The number of rotatable bonds is 5. The van der Waals surface area contributed by atoms with Crippen LogP contribution in [0.1, 0.15) is 12.8 Å². The monoisotopic (exact) mass is 241 g/mol. The van der Waals surface area contributed by atoms with Crippen molar-refractivity contribution >= 4 is 0 Å². The molecule has 4 heteroatoms.